The normalized spacial score (nSPS) is 12.3. The highest BCUT2D eigenvalue weighted by molar-refractivity contribution is 5.80. The largest absolute Gasteiger partial charge is 0.461 e. The Balaban J connectivity index is 1.10. The summed E-state index contributed by atoms with van der Waals surface area (Å²) >= 11 is 0. The number of nitrogens with two attached hydrogens (primary N) is 1. The minimum Gasteiger partial charge on any atom is -0.461 e. The zero-order chi connectivity index (χ0) is 32.3. The lowest BCUT2D eigenvalue weighted by molar-refractivity contribution is 0.0107. The Labute approximate surface area is 276 Å². The van der Waals surface area contributed by atoms with Crippen LogP contribution in [0.2, 0.25) is 0 Å². The Hall–Kier alpha value is -4.47. The number of amides is 1. The van der Waals surface area contributed by atoms with Crippen molar-refractivity contribution < 1.29 is 28.2 Å². The second kappa shape index (κ2) is 16.4. The number of nitrogens with zero attached hydrogens (tertiary/aromatic N) is 1. The molecule has 0 aliphatic heterocycles. The molecule has 2 N–H and O–H groups in total. The minimum atomic E-state index is -0.381. The van der Waals surface area contributed by atoms with Gasteiger partial charge in [0, 0.05) is 37.4 Å². The second-order valence-electron chi connectivity index (χ2n) is 11.6. The molecule has 8 nitrogen and oxygen atoms in total. The summed E-state index contributed by atoms with van der Waals surface area (Å²) in [5.74, 6) is 0.885. The SMILES string of the molecule is NCCOCCOCCOCCN(Cc1ccc2cc(Cc3ccccc3)oc2c1)C(=O)OCC1c2ccccc2-c2ccccc21. The number of fused-ring (bicyclic) bond motifs is 4. The van der Waals surface area contributed by atoms with E-state index in [4.69, 9.17) is 29.1 Å². The van der Waals surface area contributed by atoms with Crippen LogP contribution in [-0.2, 0) is 31.9 Å². The van der Waals surface area contributed by atoms with E-state index in [-0.39, 0.29) is 18.6 Å². The van der Waals surface area contributed by atoms with Crippen molar-refractivity contribution >= 4 is 17.1 Å². The van der Waals surface area contributed by atoms with Crippen LogP contribution in [0.3, 0.4) is 0 Å². The summed E-state index contributed by atoms with van der Waals surface area (Å²) in [4.78, 5) is 15.4. The van der Waals surface area contributed by atoms with Gasteiger partial charge in [0.15, 0.2) is 0 Å². The first kappa shape index (κ1) is 32.5. The maximum atomic E-state index is 13.7. The fourth-order valence-electron chi connectivity index (χ4n) is 6.05. The van der Waals surface area contributed by atoms with Gasteiger partial charge >= 0.3 is 6.09 Å². The van der Waals surface area contributed by atoms with Crippen LogP contribution in [0.15, 0.2) is 108 Å². The van der Waals surface area contributed by atoms with Gasteiger partial charge in [-0.3, -0.25) is 0 Å². The lowest BCUT2D eigenvalue weighted by atomic mass is 9.98. The number of benzene rings is 4. The molecule has 0 spiro atoms. The van der Waals surface area contributed by atoms with Gasteiger partial charge in [-0.2, -0.15) is 0 Å². The summed E-state index contributed by atoms with van der Waals surface area (Å²) in [5, 5.41) is 1.03. The van der Waals surface area contributed by atoms with Crippen molar-refractivity contribution in [3.63, 3.8) is 0 Å². The van der Waals surface area contributed by atoms with Crippen LogP contribution in [0.25, 0.3) is 22.1 Å². The molecule has 0 saturated heterocycles. The quantitative estimate of drug-likeness (QED) is 0.113. The Morgan fingerprint density at radius 2 is 1.34 bits per heavy atom. The van der Waals surface area contributed by atoms with Crippen molar-refractivity contribution in [2.75, 3.05) is 59.3 Å². The molecule has 0 unspecified atom stereocenters. The molecule has 6 rings (SSSR count). The molecule has 47 heavy (non-hydrogen) atoms. The zero-order valence-electron chi connectivity index (χ0n) is 26.6. The van der Waals surface area contributed by atoms with Gasteiger partial charge in [0.05, 0.1) is 39.6 Å². The highest BCUT2D eigenvalue weighted by Crippen LogP contribution is 2.44. The van der Waals surface area contributed by atoms with E-state index in [0.29, 0.717) is 59.3 Å². The van der Waals surface area contributed by atoms with E-state index in [1.54, 1.807) is 4.90 Å². The van der Waals surface area contributed by atoms with Gasteiger partial charge in [-0.15, -0.1) is 0 Å². The van der Waals surface area contributed by atoms with Crippen molar-refractivity contribution in [2.45, 2.75) is 18.9 Å². The van der Waals surface area contributed by atoms with Gasteiger partial charge in [0.25, 0.3) is 0 Å². The van der Waals surface area contributed by atoms with Crippen molar-refractivity contribution in [2.24, 2.45) is 5.73 Å². The Morgan fingerprint density at radius 1 is 0.702 bits per heavy atom. The summed E-state index contributed by atoms with van der Waals surface area (Å²) < 4.78 is 29.0. The van der Waals surface area contributed by atoms with E-state index >= 15 is 0 Å². The van der Waals surface area contributed by atoms with Crippen molar-refractivity contribution in [3.05, 3.63) is 131 Å². The van der Waals surface area contributed by atoms with E-state index in [9.17, 15) is 4.79 Å². The Bertz CT molecular complexity index is 1690. The predicted octanol–water partition coefficient (Wildman–Crippen LogP) is 6.78. The van der Waals surface area contributed by atoms with Gasteiger partial charge in [0.2, 0.25) is 0 Å². The summed E-state index contributed by atoms with van der Waals surface area (Å²) in [6.07, 6.45) is 0.339. The molecule has 1 amide bonds. The molecule has 4 aromatic carbocycles. The third-order valence-corrected chi connectivity index (χ3v) is 8.34. The molecule has 0 saturated carbocycles. The van der Waals surface area contributed by atoms with Crippen molar-refractivity contribution in [1.82, 2.24) is 4.90 Å². The Kier molecular flexibility index (Phi) is 11.3. The molecule has 1 aliphatic rings. The highest BCUT2D eigenvalue weighted by Gasteiger charge is 2.29. The van der Waals surface area contributed by atoms with Crippen molar-refractivity contribution in [3.8, 4) is 11.1 Å². The molecule has 1 heterocycles. The summed E-state index contributed by atoms with van der Waals surface area (Å²) in [5.41, 5.74) is 13.1. The van der Waals surface area contributed by atoms with Crippen LogP contribution in [-0.4, -0.2) is 70.3 Å². The van der Waals surface area contributed by atoms with E-state index in [2.05, 4.69) is 42.5 Å². The smallest absolute Gasteiger partial charge is 0.410 e. The number of hydrogen-bond donors (Lipinski definition) is 1. The first-order valence-corrected chi connectivity index (χ1v) is 16.3. The first-order chi connectivity index (χ1) is 23.2. The van der Waals surface area contributed by atoms with Crippen LogP contribution in [0.4, 0.5) is 4.79 Å². The third-order valence-electron chi connectivity index (χ3n) is 8.34. The molecule has 5 aromatic rings. The van der Waals surface area contributed by atoms with Gasteiger partial charge in [-0.1, -0.05) is 91.0 Å². The maximum absolute atomic E-state index is 13.7. The molecule has 1 aliphatic carbocycles. The fourth-order valence-corrected chi connectivity index (χ4v) is 6.05. The van der Waals surface area contributed by atoms with Crippen LogP contribution >= 0.6 is 0 Å². The molecule has 1 aromatic heterocycles. The van der Waals surface area contributed by atoms with E-state index in [1.165, 1.54) is 27.8 Å². The van der Waals surface area contributed by atoms with Crippen LogP contribution in [0, 0.1) is 0 Å². The number of ether oxygens (including phenoxy) is 4. The predicted molar refractivity (Wildman–Crippen MR) is 182 cm³/mol. The van der Waals surface area contributed by atoms with Gasteiger partial charge in [0.1, 0.15) is 18.0 Å². The fraction of sp³-hybridized carbons (Fsp3) is 0.308. The molecule has 8 heteroatoms. The molecule has 244 valence electrons. The lowest BCUT2D eigenvalue weighted by Crippen LogP contribution is -2.35. The van der Waals surface area contributed by atoms with E-state index in [1.807, 2.05) is 60.7 Å². The van der Waals surface area contributed by atoms with Gasteiger partial charge in [-0.25, -0.2) is 4.79 Å². The molecule has 0 fully saturated rings. The second-order valence-corrected chi connectivity index (χ2v) is 11.6. The monoisotopic (exact) mass is 634 g/mol. The topological polar surface area (TPSA) is 96.4 Å². The summed E-state index contributed by atoms with van der Waals surface area (Å²) in [6, 6.07) is 35.1. The maximum Gasteiger partial charge on any atom is 0.410 e. The Morgan fingerprint density at radius 3 is 2.04 bits per heavy atom. The van der Waals surface area contributed by atoms with Crippen LogP contribution in [0.1, 0.15) is 33.9 Å². The first-order valence-electron chi connectivity index (χ1n) is 16.3. The molecular weight excluding hydrogens is 592 g/mol. The standard InChI is InChI=1S/C39H42N2O6/c40-16-18-43-20-22-45-23-21-44-19-17-41(27-30-14-15-31-26-32(47-38(31)25-30)24-29-8-2-1-3-9-29)39(42)46-28-37-35-12-6-4-10-33(35)34-11-5-7-13-36(34)37/h1-15,25-26,37H,16-24,27-28,40H2. The van der Waals surface area contributed by atoms with Crippen LogP contribution < -0.4 is 5.73 Å². The minimum absolute atomic E-state index is 0.0158. The van der Waals surface area contributed by atoms with E-state index < -0.39 is 0 Å². The number of hydrogen-bond acceptors (Lipinski definition) is 7. The third kappa shape index (κ3) is 8.47. The van der Waals surface area contributed by atoms with E-state index in [0.717, 1.165) is 28.7 Å². The number of furan rings is 1. The van der Waals surface area contributed by atoms with Gasteiger partial charge in [-0.05, 0) is 45.5 Å². The molecule has 0 atom stereocenters. The highest BCUT2D eigenvalue weighted by atomic mass is 16.6. The lowest BCUT2D eigenvalue weighted by Gasteiger charge is -2.24. The molecular formula is C39H42N2O6. The molecule has 0 bridgehead atoms. The average Bonchev–Trinajstić information content (AvgIpc) is 3.65. The van der Waals surface area contributed by atoms with Crippen molar-refractivity contribution in [1.29, 1.82) is 0 Å². The average molecular weight is 635 g/mol. The number of carbonyl (C=O) groups is 1. The number of rotatable bonds is 17. The summed E-state index contributed by atoms with van der Waals surface area (Å²) in [6.45, 7) is 4.19. The summed E-state index contributed by atoms with van der Waals surface area (Å²) in [7, 11) is 0. The number of carbonyl (C=O) groups excluding carboxylic acids is 1. The van der Waals surface area contributed by atoms with Crippen LogP contribution in [0.5, 0.6) is 0 Å². The molecule has 0 radical (unpaired) electrons. The zero-order valence-corrected chi connectivity index (χ0v) is 26.6. The van der Waals surface area contributed by atoms with Gasteiger partial charge < -0.3 is 34.0 Å².